The van der Waals surface area contributed by atoms with Gasteiger partial charge in [-0.2, -0.15) is 0 Å². The van der Waals surface area contributed by atoms with Gasteiger partial charge in [-0.3, -0.25) is 14.6 Å². The Morgan fingerprint density at radius 2 is 1.88 bits per heavy atom. The van der Waals surface area contributed by atoms with E-state index in [4.69, 9.17) is 20.4 Å². The van der Waals surface area contributed by atoms with Crippen molar-refractivity contribution < 1.29 is 19.4 Å². The molecule has 5 heterocycles. The van der Waals surface area contributed by atoms with E-state index in [9.17, 15) is 19.5 Å². The van der Waals surface area contributed by atoms with Crippen molar-refractivity contribution >= 4 is 39.4 Å². The van der Waals surface area contributed by atoms with Crippen molar-refractivity contribution in [3.63, 3.8) is 0 Å². The van der Waals surface area contributed by atoms with Crippen LogP contribution in [0.5, 0.6) is 0 Å². The summed E-state index contributed by atoms with van der Waals surface area (Å²) in [7, 11) is 0. The molecule has 7 rings (SSSR count). The number of fused-ring (bicyclic) bond motifs is 7. The molecular weight excluding hydrogens is 534 g/mol. The minimum absolute atomic E-state index is 0.157. The van der Waals surface area contributed by atoms with E-state index in [1.54, 1.807) is 17.6 Å². The summed E-state index contributed by atoms with van der Waals surface area (Å²) in [5.41, 5.74) is 13.3. The number of amides is 1. The number of nitrogens with one attached hydrogen (secondary N) is 1. The zero-order chi connectivity index (χ0) is 29.3. The average molecular weight is 562 g/mol. The van der Waals surface area contributed by atoms with Crippen LogP contribution in [0.1, 0.15) is 42.2 Å². The fraction of sp³-hybridized carbons (Fsp3) is 0.219. The van der Waals surface area contributed by atoms with Crippen LogP contribution in [0.2, 0.25) is 0 Å². The Balaban J connectivity index is 1.37. The van der Waals surface area contributed by atoms with E-state index >= 15 is 0 Å². The van der Waals surface area contributed by atoms with Gasteiger partial charge in [0.15, 0.2) is 6.10 Å². The van der Waals surface area contributed by atoms with E-state index in [1.165, 1.54) is 0 Å². The molecule has 0 aliphatic carbocycles. The summed E-state index contributed by atoms with van der Waals surface area (Å²) in [4.78, 5) is 47.2. The first-order valence-electron chi connectivity index (χ1n) is 13.8. The summed E-state index contributed by atoms with van der Waals surface area (Å²) in [6, 6.07) is 14.6. The van der Waals surface area contributed by atoms with Crippen molar-refractivity contribution in [3.05, 3.63) is 87.3 Å². The SMILES string of the molecule is CCc1c2c(nc3ccc4ncc(-c5ccc(NC(=O)C(C)N)cc5)cc4c13)-c1cc3c(c(=O)n1C2)COC(=O)C3O. The van der Waals surface area contributed by atoms with Gasteiger partial charge >= 0.3 is 5.97 Å². The van der Waals surface area contributed by atoms with Crippen LogP contribution in [0.3, 0.4) is 0 Å². The Kier molecular flexibility index (Phi) is 5.93. The van der Waals surface area contributed by atoms with Gasteiger partial charge in [-0.05, 0) is 60.9 Å². The lowest BCUT2D eigenvalue weighted by Crippen LogP contribution is -2.32. The normalized spacial score (nSPS) is 16.1. The van der Waals surface area contributed by atoms with Gasteiger partial charge in [0, 0.05) is 39.3 Å². The molecule has 4 N–H and O–H groups in total. The number of pyridine rings is 3. The monoisotopic (exact) mass is 561 g/mol. The summed E-state index contributed by atoms with van der Waals surface area (Å²) >= 11 is 0. The molecule has 0 bridgehead atoms. The number of hydrogen-bond donors (Lipinski definition) is 3. The maximum Gasteiger partial charge on any atom is 0.340 e. The van der Waals surface area contributed by atoms with Gasteiger partial charge in [-0.25, -0.2) is 9.78 Å². The van der Waals surface area contributed by atoms with E-state index in [-0.39, 0.29) is 23.6 Å². The number of aliphatic hydroxyl groups is 1. The van der Waals surface area contributed by atoms with Crippen LogP contribution in [0.15, 0.2) is 59.5 Å². The minimum atomic E-state index is -1.49. The van der Waals surface area contributed by atoms with Crippen molar-refractivity contribution in [3.8, 4) is 22.5 Å². The largest absolute Gasteiger partial charge is 0.458 e. The van der Waals surface area contributed by atoms with Crippen molar-refractivity contribution in [1.29, 1.82) is 0 Å². The third-order valence-corrected chi connectivity index (χ3v) is 8.15. The Bertz CT molecular complexity index is 2030. The fourth-order valence-electron chi connectivity index (χ4n) is 5.97. The van der Waals surface area contributed by atoms with Crippen molar-refractivity contribution in [1.82, 2.24) is 14.5 Å². The van der Waals surface area contributed by atoms with Crippen LogP contribution in [-0.4, -0.2) is 37.6 Å². The summed E-state index contributed by atoms with van der Waals surface area (Å²) in [6.45, 7) is 3.89. The zero-order valence-electron chi connectivity index (χ0n) is 23.0. The molecule has 0 radical (unpaired) electrons. The van der Waals surface area contributed by atoms with Crippen molar-refractivity contribution in [2.24, 2.45) is 5.73 Å². The number of anilines is 1. The molecular formula is C32H27N5O5. The molecule has 0 saturated heterocycles. The van der Waals surface area contributed by atoms with Crippen LogP contribution < -0.4 is 16.6 Å². The number of aromatic nitrogens is 3. The number of cyclic esters (lactones) is 1. The molecule has 2 unspecified atom stereocenters. The second-order valence-corrected chi connectivity index (χ2v) is 10.7. The quantitative estimate of drug-likeness (QED) is 0.218. The Labute approximate surface area is 239 Å². The van der Waals surface area contributed by atoms with E-state index in [2.05, 4.69) is 18.3 Å². The maximum atomic E-state index is 13.4. The number of aryl methyl sites for hydroxylation is 1. The molecule has 210 valence electrons. The number of nitrogens with zero attached hydrogens (tertiary/aromatic N) is 3. The molecule has 0 spiro atoms. The number of hydrogen-bond acceptors (Lipinski definition) is 8. The highest BCUT2D eigenvalue weighted by molar-refractivity contribution is 6.09. The van der Waals surface area contributed by atoms with Crippen LogP contribution in [-0.2, 0) is 33.9 Å². The minimum Gasteiger partial charge on any atom is -0.458 e. The first kappa shape index (κ1) is 26.0. The Morgan fingerprint density at radius 3 is 2.62 bits per heavy atom. The van der Waals surface area contributed by atoms with E-state index in [0.717, 1.165) is 44.1 Å². The molecule has 10 heteroatoms. The van der Waals surface area contributed by atoms with Gasteiger partial charge in [0.2, 0.25) is 5.91 Å². The van der Waals surface area contributed by atoms with Crippen molar-refractivity contribution in [2.45, 2.75) is 45.6 Å². The van der Waals surface area contributed by atoms with E-state index < -0.39 is 18.1 Å². The third-order valence-electron chi connectivity index (χ3n) is 8.15. The number of ether oxygens (including phenoxy) is 1. The molecule has 2 aliphatic rings. The summed E-state index contributed by atoms with van der Waals surface area (Å²) in [6.07, 6.45) is 1.03. The predicted octanol–water partition coefficient (Wildman–Crippen LogP) is 3.58. The van der Waals surface area contributed by atoms with Gasteiger partial charge in [-0.15, -0.1) is 0 Å². The molecule has 42 heavy (non-hydrogen) atoms. The summed E-state index contributed by atoms with van der Waals surface area (Å²) in [5.74, 6) is -1.01. The van der Waals surface area contributed by atoms with Crippen LogP contribution in [0.4, 0.5) is 5.69 Å². The van der Waals surface area contributed by atoms with Crippen molar-refractivity contribution in [2.75, 3.05) is 5.32 Å². The average Bonchev–Trinajstić information content (AvgIpc) is 3.36. The van der Waals surface area contributed by atoms with Gasteiger partial charge < -0.3 is 25.5 Å². The number of esters is 1. The van der Waals surface area contributed by atoms with Gasteiger partial charge in [0.25, 0.3) is 5.56 Å². The number of aliphatic hydroxyl groups excluding tert-OH is 1. The molecule has 5 aromatic rings. The van der Waals surface area contributed by atoms with Gasteiger partial charge in [0.05, 0.1) is 40.6 Å². The van der Waals surface area contributed by atoms with E-state index in [0.29, 0.717) is 35.6 Å². The highest BCUT2D eigenvalue weighted by Crippen LogP contribution is 2.40. The van der Waals surface area contributed by atoms with Gasteiger partial charge in [-0.1, -0.05) is 19.1 Å². The van der Waals surface area contributed by atoms with Crippen LogP contribution in [0.25, 0.3) is 44.3 Å². The Hall–Kier alpha value is -4.93. The highest BCUT2D eigenvalue weighted by atomic mass is 16.5. The summed E-state index contributed by atoms with van der Waals surface area (Å²) in [5, 5.41) is 15.2. The molecule has 10 nitrogen and oxygen atoms in total. The zero-order valence-corrected chi connectivity index (χ0v) is 23.0. The third kappa shape index (κ3) is 3.91. The second-order valence-electron chi connectivity index (χ2n) is 10.7. The number of carbonyl (C=O) groups is 2. The molecule has 2 atom stereocenters. The maximum absolute atomic E-state index is 13.4. The number of nitrogens with two attached hydrogens (primary N) is 1. The number of benzene rings is 2. The Morgan fingerprint density at radius 1 is 1.12 bits per heavy atom. The molecule has 2 aliphatic heterocycles. The van der Waals surface area contributed by atoms with E-state index in [1.807, 2.05) is 42.6 Å². The predicted molar refractivity (Wildman–Crippen MR) is 158 cm³/mol. The second kappa shape index (κ2) is 9.57. The fourth-order valence-corrected chi connectivity index (χ4v) is 5.97. The van der Waals surface area contributed by atoms with Crippen LogP contribution >= 0.6 is 0 Å². The standard InChI is InChI=1S/C32H27N5O5/c1-3-19-22-13-37-26(11-20-23(31(37)40)14-42-32(41)29(20)38)28(22)36-25-9-8-24-21(27(19)25)10-17(12-34-24)16-4-6-18(7-5-16)35-30(39)15(2)33/h4-12,15,29,38H,3,13-14,33H2,1-2H3,(H,35,39). The molecule has 0 fully saturated rings. The number of rotatable bonds is 4. The van der Waals surface area contributed by atoms with Gasteiger partial charge in [0.1, 0.15) is 6.61 Å². The molecule has 2 aromatic carbocycles. The topological polar surface area (TPSA) is 149 Å². The molecule has 3 aromatic heterocycles. The first-order chi connectivity index (χ1) is 20.2. The lowest BCUT2D eigenvalue weighted by atomic mass is 9.94. The molecule has 0 saturated carbocycles. The lowest BCUT2D eigenvalue weighted by molar-refractivity contribution is -0.157. The first-order valence-corrected chi connectivity index (χ1v) is 13.8. The lowest BCUT2D eigenvalue weighted by Gasteiger charge is -2.21. The highest BCUT2D eigenvalue weighted by Gasteiger charge is 2.34. The smallest absolute Gasteiger partial charge is 0.340 e. The summed E-state index contributed by atoms with van der Waals surface area (Å²) < 4.78 is 6.67. The molecule has 1 amide bonds. The van der Waals surface area contributed by atoms with Crippen LogP contribution in [0, 0.1) is 0 Å². The number of carbonyl (C=O) groups excluding carboxylic acids is 2.